The van der Waals surface area contributed by atoms with Gasteiger partial charge in [0, 0.05) is 64.1 Å². The molecule has 0 aliphatic carbocycles. The summed E-state index contributed by atoms with van der Waals surface area (Å²) in [7, 11) is 0. The summed E-state index contributed by atoms with van der Waals surface area (Å²) in [5.41, 5.74) is 0.919. The van der Waals surface area contributed by atoms with Crippen molar-refractivity contribution in [1.29, 1.82) is 0 Å². The second-order valence-corrected chi connectivity index (χ2v) is 7.08. The van der Waals surface area contributed by atoms with Crippen LogP contribution in [0, 0.1) is 0 Å². The predicted molar refractivity (Wildman–Crippen MR) is 111 cm³/mol. The Morgan fingerprint density at radius 3 is 2.21 bits per heavy atom. The maximum absolute atomic E-state index is 13.0. The molecule has 154 valence electrons. The van der Waals surface area contributed by atoms with Crippen molar-refractivity contribution in [2.24, 2.45) is 0 Å². The number of rotatable bonds is 7. The summed E-state index contributed by atoms with van der Waals surface area (Å²) in [6.07, 6.45) is 8.31. The van der Waals surface area contributed by atoms with Crippen LogP contribution in [0.2, 0.25) is 0 Å². The van der Waals surface area contributed by atoms with Crippen molar-refractivity contribution in [1.82, 2.24) is 24.8 Å². The van der Waals surface area contributed by atoms with Gasteiger partial charge >= 0.3 is 0 Å². The van der Waals surface area contributed by atoms with E-state index < -0.39 is 0 Å². The Kier molecular flexibility index (Phi) is 7.10. The van der Waals surface area contributed by atoms with E-state index in [1.807, 2.05) is 18.7 Å². The summed E-state index contributed by atoms with van der Waals surface area (Å²) in [6.45, 7) is 8.00. The van der Waals surface area contributed by atoms with Crippen LogP contribution in [0.5, 0.6) is 0 Å². The molecule has 0 bridgehead atoms. The van der Waals surface area contributed by atoms with E-state index in [0.717, 1.165) is 12.8 Å². The molecule has 0 atom stereocenters. The lowest BCUT2D eigenvalue weighted by atomic mass is 10.1. The third kappa shape index (κ3) is 5.07. The summed E-state index contributed by atoms with van der Waals surface area (Å²) in [5, 5.41) is 0. The molecule has 1 saturated heterocycles. The van der Waals surface area contributed by atoms with Crippen molar-refractivity contribution in [2.75, 3.05) is 44.2 Å². The minimum Gasteiger partial charge on any atom is -0.339 e. The molecule has 1 fully saturated rings. The molecule has 2 aromatic heterocycles. The molecule has 2 aromatic rings. The van der Waals surface area contributed by atoms with Crippen LogP contribution in [-0.2, 0) is 0 Å². The summed E-state index contributed by atoms with van der Waals surface area (Å²) >= 11 is 0. The van der Waals surface area contributed by atoms with E-state index in [9.17, 15) is 9.59 Å². The normalized spacial score (nSPS) is 14.0. The number of nitrogens with zero attached hydrogens (tertiary/aromatic N) is 6. The van der Waals surface area contributed by atoms with E-state index in [-0.39, 0.29) is 11.8 Å². The van der Waals surface area contributed by atoms with Crippen molar-refractivity contribution in [3.8, 4) is 0 Å². The van der Waals surface area contributed by atoms with Crippen LogP contribution in [0.25, 0.3) is 0 Å². The van der Waals surface area contributed by atoms with Crippen LogP contribution < -0.4 is 4.90 Å². The van der Waals surface area contributed by atoms with Crippen LogP contribution in [0.3, 0.4) is 0 Å². The zero-order valence-corrected chi connectivity index (χ0v) is 17.1. The number of piperazine rings is 1. The molecule has 8 heteroatoms. The minimum absolute atomic E-state index is 0.0677. The standard InChI is InChI=1S/C21H28N6O2/c1-3-8-25(9-4-2)19(28)17-14-18(16-22-15-17)20(29)26-10-12-27(13-11-26)21-23-6-5-7-24-21/h5-7,14-16H,3-4,8-13H2,1-2H3. The van der Waals surface area contributed by atoms with Gasteiger partial charge in [0.1, 0.15) is 0 Å². The van der Waals surface area contributed by atoms with E-state index in [0.29, 0.717) is 56.3 Å². The van der Waals surface area contributed by atoms with Crippen molar-refractivity contribution in [3.05, 3.63) is 48.0 Å². The lowest BCUT2D eigenvalue weighted by molar-refractivity contribution is 0.0745. The van der Waals surface area contributed by atoms with Gasteiger partial charge in [0.15, 0.2) is 0 Å². The Hall–Kier alpha value is -3.03. The fourth-order valence-electron chi connectivity index (χ4n) is 3.46. The van der Waals surface area contributed by atoms with Crippen LogP contribution in [-0.4, -0.2) is 75.8 Å². The number of aromatic nitrogens is 3. The molecule has 3 rings (SSSR count). The van der Waals surface area contributed by atoms with Gasteiger partial charge in [-0.1, -0.05) is 13.8 Å². The molecule has 1 aliphatic heterocycles. The van der Waals surface area contributed by atoms with Crippen molar-refractivity contribution in [2.45, 2.75) is 26.7 Å². The average Bonchev–Trinajstić information content (AvgIpc) is 2.79. The van der Waals surface area contributed by atoms with Gasteiger partial charge in [-0.15, -0.1) is 0 Å². The van der Waals surface area contributed by atoms with Crippen LogP contribution in [0.4, 0.5) is 5.95 Å². The first-order chi connectivity index (χ1) is 14.1. The van der Waals surface area contributed by atoms with Gasteiger partial charge in [0.05, 0.1) is 11.1 Å². The van der Waals surface area contributed by atoms with Gasteiger partial charge in [-0.2, -0.15) is 0 Å². The lowest BCUT2D eigenvalue weighted by Crippen LogP contribution is -2.49. The SMILES string of the molecule is CCCN(CCC)C(=O)c1cncc(C(=O)N2CCN(c3ncccn3)CC2)c1. The van der Waals surface area contributed by atoms with Gasteiger partial charge < -0.3 is 14.7 Å². The Morgan fingerprint density at radius 2 is 1.59 bits per heavy atom. The number of anilines is 1. The number of amides is 2. The minimum atomic E-state index is -0.0988. The van der Waals surface area contributed by atoms with Gasteiger partial charge in [-0.05, 0) is 25.0 Å². The summed E-state index contributed by atoms with van der Waals surface area (Å²) in [4.78, 5) is 44.1. The van der Waals surface area contributed by atoms with E-state index in [1.165, 1.54) is 6.20 Å². The maximum Gasteiger partial charge on any atom is 0.255 e. The topological polar surface area (TPSA) is 82.5 Å². The fraction of sp³-hybridized carbons (Fsp3) is 0.476. The first kappa shape index (κ1) is 20.7. The first-order valence-electron chi connectivity index (χ1n) is 10.2. The third-order valence-corrected chi connectivity index (χ3v) is 4.91. The molecule has 0 radical (unpaired) electrons. The van der Waals surface area contributed by atoms with E-state index in [2.05, 4.69) is 19.9 Å². The summed E-state index contributed by atoms with van der Waals surface area (Å²) in [6, 6.07) is 3.45. The second-order valence-electron chi connectivity index (χ2n) is 7.08. The van der Waals surface area contributed by atoms with Crippen LogP contribution in [0.15, 0.2) is 36.9 Å². The van der Waals surface area contributed by atoms with Gasteiger partial charge in [0.25, 0.3) is 11.8 Å². The molecular weight excluding hydrogens is 368 g/mol. The first-order valence-corrected chi connectivity index (χ1v) is 10.2. The fourth-order valence-corrected chi connectivity index (χ4v) is 3.46. The molecule has 3 heterocycles. The third-order valence-electron chi connectivity index (χ3n) is 4.91. The van der Waals surface area contributed by atoms with Crippen LogP contribution in [0.1, 0.15) is 47.4 Å². The average molecular weight is 396 g/mol. The molecular formula is C21H28N6O2. The van der Waals surface area contributed by atoms with Crippen LogP contribution >= 0.6 is 0 Å². The largest absolute Gasteiger partial charge is 0.339 e. The Morgan fingerprint density at radius 1 is 0.966 bits per heavy atom. The Bertz CT molecular complexity index is 815. The molecule has 0 aromatic carbocycles. The predicted octanol–water partition coefficient (Wildman–Crippen LogP) is 2.10. The molecule has 0 saturated carbocycles. The number of hydrogen-bond acceptors (Lipinski definition) is 6. The molecule has 0 spiro atoms. The monoisotopic (exact) mass is 396 g/mol. The summed E-state index contributed by atoms with van der Waals surface area (Å²) in [5.74, 6) is 0.515. The van der Waals surface area contributed by atoms with Gasteiger partial charge in [0.2, 0.25) is 5.95 Å². The van der Waals surface area contributed by atoms with E-state index >= 15 is 0 Å². The van der Waals surface area contributed by atoms with Crippen molar-refractivity contribution < 1.29 is 9.59 Å². The van der Waals surface area contributed by atoms with Gasteiger partial charge in [-0.3, -0.25) is 14.6 Å². The zero-order valence-electron chi connectivity index (χ0n) is 17.1. The molecule has 2 amide bonds. The number of hydrogen-bond donors (Lipinski definition) is 0. The molecule has 0 N–H and O–H groups in total. The zero-order chi connectivity index (χ0) is 20.6. The molecule has 0 unspecified atom stereocenters. The number of pyridine rings is 1. The highest BCUT2D eigenvalue weighted by atomic mass is 16.2. The second kappa shape index (κ2) is 9.95. The highest BCUT2D eigenvalue weighted by molar-refractivity contribution is 5.99. The quantitative estimate of drug-likeness (QED) is 0.713. The van der Waals surface area contributed by atoms with Gasteiger partial charge in [-0.25, -0.2) is 9.97 Å². The Labute approximate surface area is 171 Å². The number of carbonyl (C=O) groups is 2. The van der Waals surface area contributed by atoms with Crippen molar-refractivity contribution in [3.63, 3.8) is 0 Å². The molecule has 8 nitrogen and oxygen atoms in total. The smallest absolute Gasteiger partial charge is 0.255 e. The lowest BCUT2D eigenvalue weighted by Gasteiger charge is -2.34. The Balaban J connectivity index is 1.66. The maximum atomic E-state index is 13.0. The highest BCUT2D eigenvalue weighted by Gasteiger charge is 2.24. The molecule has 29 heavy (non-hydrogen) atoms. The number of carbonyl (C=O) groups excluding carboxylic acids is 2. The highest BCUT2D eigenvalue weighted by Crippen LogP contribution is 2.14. The van der Waals surface area contributed by atoms with Crippen molar-refractivity contribution >= 4 is 17.8 Å². The van der Waals surface area contributed by atoms with E-state index in [4.69, 9.17) is 0 Å². The molecule has 1 aliphatic rings. The summed E-state index contributed by atoms with van der Waals surface area (Å²) < 4.78 is 0. The van der Waals surface area contributed by atoms with E-state index in [1.54, 1.807) is 35.6 Å².